The van der Waals surface area contributed by atoms with Gasteiger partial charge in [-0.3, -0.25) is 0 Å². The van der Waals surface area contributed by atoms with E-state index in [1.807, 2.05) is 36.5 Å². The van der Waals surface area contributed by atoms with Crippen molar-refractivity contribution in [1.29, 1.82) is 0 Å². The van der Waals surface area contributed by atoms with Crippen LogP contribution in [0.5, 0.6) is 0 Å². The molecule has 4 heteroatoms. The fourth-order valence-electron chi connectivity index (χ4n) is 2.29. The fraction of sp³-hybridized carbons (Fsp3) is 0.409. The van der Waals surface area contributed by atoms with Gasteiger partial charge in [0.15, 0.2) is 5.76 Å². The second kappa shape index (κ2) is 13.9. The van der Waals surface area contributed by atoms with Gasteiger partial charge < -0.3 is 14.9 Å². The van der Waals surface area contributed by atoms with Crippen molar-refractivity contribution in [3.8, 4) is 0 Å². The third kappa shape index (κ3) is 11.3. The second-order valence-corrected chi connectivity index (χ2v) is 6.12. The number of unbranched alkanes of at least 4 members (excludes halogenated alkanes) is 3. The summed E-state index contributed by atoms with van der Waals surface area (Å²) in [7, 11) is 0. The van der Waals surface area contributed by atoms with Crippen LogP contribution in [-0.2, 0) is 9.53 Å². The molecule has 0 saturated carbocycles. The van der Waals surface area contributed by atoms with Crippen molar-refractivity contribution in [2.24, 2.45) is 0 Å². The molecule has 26 heavy (non-hydrogen) atoms. The molecule has 1 atom stereocenters. The maximum atomic E-state index is 10.5. The van der Waals surface area contributed by atoms with Gasteiger partial charge in [0, 0.05) is 0 Å². The number of carboxylic acids is 1. The number of carbonyl (C=O) groups is 1. The molecule has 0 aromatic rings. The van der Waals surface area contributed by atoms with Gasteiger partial charge in [0.05, 0.1) is 6.10 Å². The number of aliphatic hydroxyl groups excluding tert-OH is 1. The van der Waals surface area contributed by atoms with E-state index in [0.29, 0.717) is 5.76 Å². The minimum Gasteiger partial charge on any atom is -0.475 e. The van der Waals surface area contributed by atoms with Gasteiger partial charge in [0.1, 0.15) is 0 Å². The molecule has 0 saturated heterocycles. The zero-order valence-corrected chi connectivity index (χ0v) is 15.5. The van der Waals surface area contributed by atoms with Crippen LogP contribution in [0.3, 0.4) is 0 Å². The summed E-state index contributed by atoms with van der Waals surface area (Å²) >= 11 is 0. The van der Waals surface area contributed by atoms with E-state index in [-0.39, 0.29) is 11.9 Å². The molecule has 0 aliphatic carbocycles. The van der Waals surface area contributed by atoms with Gasteiger partial charge in [-0.2, -0.15) is 0 Å². The van der Waals surface area contributed by atoms with Gasteiger partial charge in [-0.05, 0) is 31.8 Å². The van der Waals surface area contributed by atoms with Crippen LogP contribution >= 0.6 is 0 Å². The van der Waals surface area contributed by atoms with Gasteiger partial charge in [-0.1, -0.05) is 80.9 Å². The molecule has 1 aliphatic heterocycles. The number of hydrogen-bond donors (Lipinski definition) is 2. The average molecular weight is 358 g/mol. The summed E-state index contributed by atoms with van der Waals surface area (Å²) in [6.45, 7) is 2.17. The first-order valence-corrected chi connectivity index (χ1v) is 9.31. The van der Waals surface area contributed by atoms with E-state index in [1.165, 1.54) is 12.8 Å². The maximum Gasteiger partial charge on any atom is 0.375 e. The molecule has 1 rings (SSSR count). The van der Waals surface area contributed by atoms with Crippen LogP contribution in [0.2, 0.25) is 0 Å². The van der Waals surface area contributed by atoms with Crippen LogP contribution in [0.25, 0.3) is 0 Å². The molecule has 0 fully saturated rings. The Morgan fingerprint density at radius 2 is 1.58 bits per heavy atom. The van der Waals surface area contributed by atoms with Crippen LogP contribution in [-0.4, -0.2) is 22.3 Å². The Labute approximate surface area is 156 Å². The van der Waals surface area contributed by atoms with Crippen molar-refractivity contribution in [2.75, 3.05) is 0 Å². The molecule has 0 aromatic heterocycles. The van der Waals surface area contributed by atoms with Crippen molar-refractivity contribution in [1.82, 2.24) is 0 Å². The van der Waals surface area contributed by atoms with E-state index in [0.717, 1.165) is 32.1 Å². The molecule has 2 N–H and O–H groups in total. The third-order valence-corrected chi connectivity index (χ3v) is 3.80. The van der Waals surface area contributed by atoms with Gasteiger partial charge in [0.2, 0.25) is 0 Å². The van der Waals surface area contributed by atoms with Crippen LogP contribution < -0.4 is 0 Å². The van der Waals surface area contributed by atoms with E-state index in [4.69, 9.17) is 9.84 Å². The predicted molar refractivity (Wildman–Crippen MR) is 105 cm³/mol. The van der Waals surface area contributed by atoms with Crippen LogP contribution in [0.15, 0.2) is 72.3 Å². The first kappa shape index (κ1) is 21.7. The highest BCUT2D eigenvalue weighted by molar-refractivity contribution is 5.89. The third-order valence-electron chi connectivity index (χ3n) is 3.80. The molecule has 1 heterocycles. The number of carboxylic acid groups (broad SMARTS) is 1. The predicted octanol–water partition coefficient (Wildman–Crippen LogP) is 5.21. The van der Waals surface area contributed by atoms with Crippen LogP contribution in [0, 0.1) is 0 Å². The molecule has 0 amide bonds. The van der Waals surface area contributed by atoms with Crippen LogP contribution in [0.4, 0.5) is 0 Å². The van der Waals surface area contributed by atoms with E-state index >= 15 is 0 Å². The highest BCUT2D eigenvalue weighted by atomic mass is 16.6. The Bertz CT molecular complexity index is 591. The average Bonchev–Trinajstić information content (AvgIpc) is 3.39. The van der Waals surface area contributed by atoms with Crippen molar-refractivity contribution < 1.29 is 19.7 Å². The minimum absolute atomic E-state index is 0.0194. The molecule has 0 radical (unpaired) electrons. The summed E-state index contributed by atoms with van der Waals surface area (Å²) in [4.78, 5) is 10.5. The van der Waals surface area contributed by atoms with Crippen molar-refractivity contribution >= 4 is 5.97 Å². The SMILES string of the molecule is CCCCCC(O)CCCC=CC=CC=CC=CC=CC1=C(C(=O)O)O1. The van der Waals surface area contributed by atoms with E-state index in [9.17, 15) is 9.90 Å². The first-order valence-electron chi connectivity index (χ1n) is 9.31. The minimum atomic E-state index is -1.03. The normalized spacial score (nSPS) is 15.9. The summed E-state index contributed by atoms with van der Waals surface area (Å²) in [5, 5.41) is 18.4. The molecule has 1 unspecified atom stereocenters. The lowest BCUT2D eigenvalue weighted by atomic mass is 10.1. The largest absolute Gasteiger partial charge is 0.475 e. The van der Waals surface area contributed by atoms with Gasteiger partial charge in [-0.15, -0.1) is 0 Å². The summed E-state index contributed by atoms with van der Waals surface area (Å²) in [5.74, 6) is -0.606. The number of aliphatic carboxylic acids is 1. The zero-order chi connectivity index (χ0) is 19.0. The number of rotatable bonds is 14. The molecular weight excluding hydrogens is 328 g/mol. The Morgan fingerprint density at radius 3 is 2.19 bits per heavy atom. The lowest BCUT2D eigenvalue weighted by Crippen LogP contribution is -2.05. The molecule has 4 nitrogen and oxygen atoms in total. The summed E-state index contributed by atoms with van der Waals surface area (Å²) in [5.41, 5.74) is 0. The molecule has 0 spiro atoms. The number of allylic oxidation sites excluding steroid dienone is 10. The highest BCUT2D eigenvalue weighted by Gasteiger charge is 2.29. The lowest BCUT2D eigenvalue weighted by Gasteiger charge is -2.08. The fourth-order valence-corrected chi connectivity index (χ4v) is 2.29. The Hall–Kier alpha value is -2.33. The van der Waals surface area contributed by atoms with Crippen molar-refractivity contribution in [3.05, 3.63) is 72.3 Å². The van der Waals surface area contributed by atoms with E-state index in [1.54, 1.807) is 18.2 Å². The summed E-state index contributed by atoms with van der Waals surface area (Å²) in [6, 6.07) is 0. The number of aliphatic hydroxyl groups is 1. The van der Waals surface area contributed by atoms with E-state index < -0.39 is 5.97 Å². The highest BCUT2D eigenvalue weighted by Crippen LogP contribution is 2.26. The number of ether oxygens (including phenoxy) is 1. The quantitative estimate of drug-likeness (QED) is 0.330. The van der Waals surface area contributed by atoms with Crippen molar-refractivity contribution in [2.45, 2.75) is 58.0 Å². The zero-order valence-electron chi connectivity index (χ0n) is 15.5. The molecule has 0 bridgehead atoms. The lowest BCUT2D eigenvalue weighted by molar-refractivity contribution is -0.133. The molecule has 1 aliphatic rings. The Balaban J connectivity index is 2.05. The maximum absolute atomic E-state index is 10.5. The van der Waals surface area contributed by atoms with Gasteiger partial charge in [0.25, 0.3) is 5.76 Å². The second-order valence-electron chi connectivity index (χ2n) is 6.12. The Morgan fingerprint density at radius 1 is 0.962 bits per heavy atom. The monoisotopic (exact) mass is 358 g/mol. The van der Waals surface area contributed by atoms with Gasteiger partial charge in [-0.25, -0.2) is 4.79 Å². The first-order chi connectivity index (χ1) is 12.6. The van der Waals surface area contributed by atoms with Crippen LogP contribution in [0.1, 0.15) is 51.9 Å². The number of hydrogen-bond acceptors (Lipinski definition) is 3. The summed E-state index contributed by atoms with van der Waals surface area (Å²) in [6.07, 6.45) is 26.1. The van der Waals surface area contributed by atoms with Crippen molar-refractivity contribution in [3.63, 3.8) is 0 Å². The Kier molecular flexibility index (Phi) is 11.6. The molecule has 142 valence electrons. The van der Waals surface area contributed by atoms with Gasteiger partial charge >= 0.3 is 5.97 Å². The van der Waals surface area contributed by atoms with E-state index in [2.05, 4.69) is 13.0 Å². The topological polar surface area (TPSA) is 70.1 Å². The standard InChI is InChI=1S/C22H30O4/c1-2-3-13-16-19(23)17-14-11-9-7-5-4-6-8-10-12-15-18-20-21(26-20)22(24)25/h4-10,12,15,18-19,23H,2-3,11,13-14,16-17H2,1H3,(H,24,25). The molecular formula is C22H30O4. The smallest absolute Gasteiger partial charge is 0.375 e. The molecule has 0 aromatic carbocycles. The summed E-state index contributed by atoms with van der Waals surface area (Å²) < 4.78 is 4.78.